The Morgan fingerprint density at radius 3 is 2.26 bits per heavy atom. The van der Waals surface area contributed by atoms with Gasteiger partial charge < -0.3 is 9.67 Å². The molecule has 0 bridgehead atoms. The fraction of sp³-hybridized carbons (Fsp3) is 0.348. The number of aromatic carboxylic acids is 1. The van der Waals surface area contributed by atoms with Gasteiger partial charge in [-0.1, -0.05) is 31.2 Å². The number of carboxylic acids is 1. The normalized spacial score (nSPS) is 18.7. The molecule has 4 rings (SSSR count). The first kappa shape index (κ1) is 21.1. The number of carboxylic acid groups (broad SMARTS) is 1. The highest BCUT2D eigenvalue weighted by Gasteiger charge is 2.39. The zero-order chi connectivity index (χ0) is 22.7. The van der Waals surface area contributed by atoms with E-state index in [1.165, 1.54) is 22.8 Å². The number of hydrogen-bond donors (Lipinski definition) is 1. The Kier molecular flexibility index (Phi) is 4.91. The van der Waals surface area contributed by atoms with E-state index in [0.717, 1.165) is 41.7 Å². The molecular formula is C23H20F3NO4. The van der Waals surface area contributed by atoms with Gasteiger partial charge in [-0.3, -0.25) is 9.59 Å². The number of rotatable bonds is 4. The van der Waals surface area contributed by atoms with Crippen LogP contribution in [-0.4, -0.2) is 27.6 Å². The van der Waals surface area contributed by atoms with Gasteiger partial charge in [-0.15, -0.1) is 0 Å². The van der Waals surface area contributed by atoms with Gasteiger partial charge in [-0.2, -0.15) is 13.2 Å². The van der Waals surface area contributed by atoms with Crippen molar-refractivity contribution < 1.29 is 27.9 Å². The molecule has 1 fully saturated rings. The molecule has 1 N–H and O–H groups in total. The molecule has 1 saturated carbocycles. The van der Waals surface area contributed by atoms with Crippen LogP contribution in [0.2, 0.25) is 0 Å². The quantitative estimate of drug-likeness (QED) is 0.709. The largest absolute Gasteiger partial charge is 0.477 e. The Balaban J connectivity index is 1.86. The molecule has 8 heteroatoms. The van der Waals surface area contributed by atoms with E-state index in [9.17, 15) is 32.7 Å². The third-order valence-electron chi connectivity index (χ3n) is 5.99. The Bertz CT molecular complexity index is 1190. The zero-order valence-corrected chi connectivity index (χ0v) is 16.9. The smallest absolute Gasteiger partial charge is 0.454 e. The Morgan fingerprint density at radius 2 is 1.74 bits per heavy atom. The van der Waals surface area contributed by atoms with Crippen LogP contribution < -0.4 is 5.56 Å². The summed E-state index contributed by atoms with van der Waals surface area (Å²) in [5.41, 5.74) is 2.63. The number of aromatic nitrogens is 1. The van der Waals surface area contributed by atoms with Gasteiger partial charge in [-0.05, 0) is 54.0 Å². The first-order valence-corrected chi connectivity index (χ1v) is 9.94. The molecule has 162 valence electrons. The molecule has 2 aromatic rings. The van der Waals surface area contributed by atoms with Crippen LogP contribution in [0.25, 0.3) is 11.1 Å². The molecule has 5 nitrogen and oxygen atoms in total. The number of nitrogens with zero attached hydrogens (tertiary/aromatic N) is 1. The van der Waals surface area contributed by atoms with Crippen molar-refractivity contribution in [3.63, 3.8) is 0 Å². The monoisotopic (exact) mass is 431 g/mol. The van der Waals surface area contributed by atoms with Crippen LogP contribution in [0.5, 0.6) is 0 Å². The van der Waals surface area contributed by atoms with E-state index in [2.05, 4.69) is 0 Å². The summed E-state index contributed by atoms with van der Waals surface area (Å²) in [6.45, 7) is 4.00. The lowest BCUT2D eigenvalue weighted by atomic mass is 9.83. The number of halogens is 3. The molecule has 0 spiro atoms. The molecule has 0 radical (unpaired) electrons. The summed E-state index contributed by atoms with van der Waals surface area (Å²) >= 11 is 0. The fourth-order valence-electron chi connectivity index (χ4n) is 4.47. The van der Waals surface area contributed by atoms with Crippen LogP contribution in [-0.2, 0) is 6.54 Å². The second-order valence-corrected chi connectivity index (χ2v) is 8.20. The lowest BCUT2D eigenvalue weighted by Crippen LogP contribution is -2.34. The van der Waals surface area contributed by atoms with Crippen molar-refractivity contribution in [2.24, 2.45) is 5.92 Å². The van der Waals surface area contributed by atoms with E-state index < -0.39 is 29.1 Å². The summed E-state index contributed by atoms with van der Waals surface area (Å²) in [6, 6.07) is 6.77. The third-order valence-corrected chi connectivity index (χ3v) is 5.99. The van der Waals surface area contributed by atoms with Gasteiger partial charge >= 0.3 is 12.1 Å². The minimum Gasteiger partial charge on any atom is -0.477 e. The lowest BCUT2D eigenvalue weighted by molar-refractivity contribution is -0.0885. The van der Waals surface area contributed by atoms with Crippen LogP contribution >= 0.6 is 0 Å². The van der Waals surface area contributed by atoms with Gasteiger partial charge in [0.2, 0.25) is 0 Å². The molecule has 2 aliphatic rings. The third kappa shape index (κ3) is 3.60. The van der Waals surface area contributed by atoms with Crippen LogP contribution in [0.1, 0.15) is 70.1 Å². The molecule has 1 aliphatic carbocycles. The summed E-state index contributed by atoms with van der Waals surface area (Å²) in [4.78, 5) is 35.9. The zero-order valence-electron chi connectivity index (χ0n) is 16.9. The molecule has 31 heavy (non-hydrogen) atoms. The van der Waals surface area contributed by atoms with Gasteiger partial charge in [0.1, 0.15) is 5.56 Å². The first-order valence-electron chi connectivity index (χ1n) is 9.94. The van der Waals surface area contributed by atoms with Crippen molar-refractivity contribution in [1.82, 2.24) is 4.57 Å². The van der Waals surface area contributed by atoms with E-state index in [1.54, 1.807) is 0 Å². The maximum atomic E-state index is 12.8. The number of alkyl halides is 3. The molecule has 0 amide bonds. The van der Waals surface area contributed by atoms with E-state index >= 15 is 0 Å². The summed E-state index contributed by atoms with van der Waals surface area (Å²) < 4.78 is 39.6. The first-order chi connectivity index (χ1) is 14.5. The average molecular weight is 431 g/mol. The Hall–Kier alpha value is -3.16. The number of hydrogen-bond acceptors (Lipinski definition) is 3. The van der Waals surface area contributed by atoms with Crippen molar-refractivity contribution in [3.05, 3.63) is 68.6 Å². The molecular weight excluding hydrogens is 411 g/mol. The van der Waals surface area contributed by atoms with Crippen LogP contribution in [0.3, 0.4) is 0 Å². The number of ketones is 1. The molecule has 1 atom stereocenters. The van der Waals surface area contributed by atoms with Crippen molar-refractivity contribution in [3.8, 4) is 0 Å². The minimum absolute atomic E-state index is 0.175. The summed E-state index contributed by atoms with van der Waals surface area (Å²) in [6.07, 6.45) is -3.11. The second kappa shape index (κ2) is 7.21. The van der Waals surface area contributed by atoms with Crippen molar-refractivity contribution >= 4 is 22.9 Å². The van der Waals surface area contributed by atoms with Crippen molar-refractivity contribution in [2.75, 3.05) is 0 Å². The average Bonchev–Trinajstić information content (AvgIpc) is 3.53. The highest BCUT2D eigenvalue weighted by molar-refractivity contribution is 6.01. The predicted octanol–water partition coefficient (Wildman–Crippen LogP) is 4.75. The molecule has 1 aromatic carbocycles. The van der Waals surface area contributed by atoms with Gasteiger partial charge in [0, 0.05) is 18.0 Å². The summed E-state index contributed by atoms with van der Waals surface area (Å²) in [7, 11) is 0. The second-order valence-electron chi connectivity index (χ2n) is 8.20. The summed E-state index contributed by atoms with van der Waals surface area (Å²) in [5.74, 6) is -3.13. The number of fused-ring (bicyclic) bond motifs is 1. The standard InChI is InChI=1S/C23H20F3NO4/c1-11-10-27-19(16(13-3-4-13)9-17(21(27)29)22(30)31)12(2)18(11)14-5-7-15(8-6-14)20(28)23(24,25)26/h5-9,11,13H,3-4,10H2,1-2H3,(H,30,31). The number of carbonyl (C=O) groups excluding carboxylic acids is 1. The number of benzene rings is 1. The fourth-order valence-corrected chi connectivity index (χ4v) is 4.47. The van der Waals surface area contributed by atoms with Gasteiger partial charge in [-0.25, -0.2) is 4.79 Å². The molecule has 1 aliphatic heterocycles. The maximum absolute atomic E-state index is 12.8. The van der Waals surface area contributed by atoms with Crippen LogP contribution in [0, 0.1) is 5.92 Å². The SMILES string of the molecule is CC1=C(c2ccc(C(=O)C(F)(F)F)cc2)C(C)Cn2c1c(C1CC1)cc(C(=O)O)c2=O. The molecule has 2 heterocycles. The van der Waals surface area contributed by atoms with Crippen LogP contribution in [0.15, 0.2) is 35.1 Å². The number of Topliss-reactive ketones (excluding diaryl/α,β-unsaturated/α-hetero) is 1. The molecule has 1 unspecified atom stereocenters. The van der Waals surface area contributed by atoms with E-state index in [-0.39, 0.29) is 23.9 Å². The molecule has 0 saturated heterocycles. The number of carbonyl (C=O) groups is 2. The highest BCUT2D eigenvalue weighted by Crippen LogP contribution is 2.46. The van der Waals surface area contributed by atoms with Crippen molar-refractivity contribution in [1.29, 1.82) is 0 Å². The predicted molar refractivity (Wildman–Crippen MR) is 108 cm³/mol. The van der Waals surface area contributed by atoms with E-state index in [1.807, 2.05) is 13.8 Å². The highest BCUT2D eigenvalue weighted by atomic mass is 19.4. The minimum atomic E-state index is -4.93. The Labute approximate surface area is 175 Å². The maximum Gasteiger partial charge on any atom is 0.454 e. The topological polar surface area (TPSA) is 76.4 Å². The number of allylic oxidation sites excluding steroid dienone is 2. The number of pyridine rings is 1. The van der Waals surface area contributed by atoms with Gasteiger partial charge in [0.25, 0.3) is 11.3 Å². The molecule has 1 aromatic heterocycles. The van der Waals surface area contributed by atoms with Gasteiger partial charge in [0.15, 0.2) is 0 Å². The lowest BCUT2D eigenvalue weighted by Gasteiger charge is -2.31. The van der Waals surface area contributed by atoms with E-state index in [4.69, 9.17) is 0 Å². The van der Waals surface area contributed by atoms with Crippen molar-refractivity contribution in [2.45, 2.75) is 45.3 Å². The summed E-state index contributed by atoms with van der Waals surface area (Å²) in [5, 5.41) is 9.45. The van der Waals surface area contributed by atoms with E-state index in [0.29, 0.717) is 11.3 Å². The van der Waals surface area contributed by atoms with Crippen LogP contribution in [0.4, 0.5) is 13.2 Å². The van der Waals surface area contributed by atoms with Gasteiger partial charge in [0.05, 0.1) is 5.69 Å². The Morgan fingerprint density at radius 1 is 1.13 bits per heavy atom.